The van der Waals surface area contributed by atoms with E-state index in [1.54, 1.807) is 11.3 Å². The topological polar surface area (TPSA) is 22.1 Å². The molecule has 0 radical (unpaired) electrons. The SMILES string of the molecule is CC(C)Oc1ccc(Br)cc1-c1nc2ccccc2s1. The van der Waals surface area contributed by atoms with Crippen LogP contribution >= 0.6 is 27.3 Å². The number of hydrogen-bond donors (Lipinski definition) is 0. The normalized spacial score (nSPS) is 11.2. The van der Waals surface area contributed by atoms with E-state index in [2.05, 4.69) is 28.1 Å². The number of fused-ring (bicyclic) bond motifs is 1. The van der Waals surface area contributed by atoms with Crippen LogP contribution in [-0.2, 0) is 0 Å². The van der Waals surface area contributed by atoms with Crippen molar-refractivity contribution in [3.8, 4) is 16.3 Å². The summed E-state index contributed by atoms with van der Waals surface area (Å²) in [5, 5.41) is 0.989. The molecule has 0 saturated carbocycles. The number of ether oxygens (including phenoxy) is 1. The molecule has 0 saturated heterocycles. The van der Waals surface area contributed by atoms with Crippen LogP contribution in [-0.4, -0.2) is 11.1 Å². The average molecular weight is 348 g/mol. The number of hydrogen-bond acceptors (Lipinski definition) is 3. The standard InChI is InChI=1S/C16H14BrNOS/c1-10(2)19-14-8-7-11(17)9-12(14)16-18-13-5-3-4-6-15(13)20-16/h3-10H,1-2H3. The maximum Gasteiger partial charge on any atom is 0.130 e. The fraction of sp³-hybridized carbons (Fsp3) is 0.188. The minimum atomic E-state index is 0.143. The molecule has 0 spiro atoms. The molecule has 1 heterocycles. The Kier molecular flexibility index (Phi) is 3.76. The van der Waals surface area contributed by atoms with E-state index < -0.39 is 0 Å². The van der Waals surface area contributed by atoms with Crippen molar-refractivity contribution in [3.05, 3.63) is 46.9 Å². The zero-order valence-corrected chi connectivity index (χ0v) is 13.7. The van der Waals surface area contributed by atoms with Gasteiger partial charge in [0.2, 0.25) is 0 Å². The predicted octanol–water partition coefficient (Wildman–Crippen LogP) is 5.51. The quantitative estimate of drug-likeness (QED) is 0.622. The molecule has 2 nitrogen and oxygen atoms in total. The predicted molar refractivity (Wildman–Crippen MR) is 88.5 cm³/mol. The van der Waals surface area contributed by atoms with E-state index in [4.69, 9.17) is 9.72 Å². The number of rotatable bonds is 3. The molecule has 0 atom stereocenters. The van der Waals surface area contributed by atoms with Gasteiger partial charge in [-0.25, -0.2) is 4.98 Å². The van der Waals surface area contributed by atoms with Gasteiger partial charge in [0, 0.05) is 4.47 Å². The molecule has 0 unspecified atom stereocenters. The molecule has 0 aliphatic carbocycles. The van der Waals surface area contributed by atoms with E-state index in [1.807, 2.05) is 44.2 Å². The Hall–Kier alpha value is -1.39. The van der Waals surface area contributed by atoms with Crippen LogP contribution in [0.25, 0.3) is 20.8 Å². The van der Waals surface area contributed by atoms with Crippen molar-refractivity contribution in [3.63, 3.8) is 0 Å². The second kappa shape index (κ2) is 5.54. The van der Waals surface area contributed by atoms with E-state index in [-0.39, 0.29) is 6.10 Å². The number of para-hydroxylation sites is 1. The van der Waals surface area contributed by atoms with Gasteiger partial charge in [-0.15, -0.1) is 11.3 Å². The highest BCUT2D eigenvalue weighted by Gasteiger charge is 2.13. The molecule has 0 amide bonds. The van der Waals surface area contributed by atoms with E-state index in [1.165, 1.54) is 4.70 Å². The van der Waals surface area contributed by atoms with Crippen LogP contribution in [0.4, 0.5) is 0 Å². The summed E-state index contributed by atoms with van der Waals surface area (Å²) >= 11 is 5.21. The number of halogens is 1. The molecule has 0 aliphatic heterocycles. The Morgan fingerprint density at radius 1 is 1.15 bits per heavy atom. The first-order valence-electron chi connectivity index (χ1n) is 6.45. The summed E-state index contributed by atoms with van der Waals surface area (Å²) in [5.74, 6) is 0.877. The molecule has 3 aromatic rings. The largest absolute Gasteiger partial charge is 0.490 e. The van der Waals surface area contributed by atoms with Crippen molar-refractivity contribution < 1.29 is 4.74 Å². The van der Waals surface area contributed by atoms with E-state index in [9.17, 15) is 0 Å². The lowest BCUT2D eigenvalue weighted by molar-refractivity contribution is 0.243. The first-order valence-corrected chi connectivity index (χ1v) is 8.06. The van der Waals surface area contributed by atoms with Gasteiger partial charge in [0.05, 0.1) is 21.9 Å². The third kappa shape index (κ3) is 2.72. The molecule has 102 valence electrons. The minimum Gasteiger partial charge on any atom is -0.490 e. The average Bonchev–Trinajstić information content (AvgIpc) is 2.84. The number of benzene rings is 2. The summed E-state index contributed by atoms with van der Waals surface area (Å²) < 4.78 is 8.12. The van der Waals surface area contributed by atoms with Gasteiger partial charge in [0.15, 0.2) is 0 Å². The molecule has 3 rings (SSSR count). The van der Waals surface area contributed by atoms with Gasteiger partial charge in [-0.3, -0.25) is 0 Å². The number of thiazole rings is 1. The Morgan fingerprint density at radius 3 is 2.70 bits per heavy atom. The first kappa shape index (κ1) is 13.6. The summed E-state index contributed by atoms with van der Waals surface area (Å²) in [4.78, 5) is 4.71. The highest BCUT2D eigenvalue weighted by atomic mass is 79.9. The molecule has 1 aromatic heterocycles. The lowest BCUT2D eigenvalue weighted by atomic mass is 10.2. The lowest BCUT2D eigenvalue weighted by Gasteiger charge is -2.13. The lowest BCUT2D eigenvalue weighted by Crippen LogP contribution is -2.06. The molecule has 2 aromatic carbocycles. The molecular formula is C16H14BrNOS. The molecule has 0 fully saturated rings. The van der Waals surface area contributed by atoms with Crippen molar-refractivity contribution in [2.45, 2.75) is 20.0 Å². The van der Waals surface area contributed by atoms with Gasteiger partial charge in [0.25, 0.3) is 0 Å². The monoisotopic (exact) mass is 347 g/mol. The number of aromatic nitrogens is 1. The fourth-order valence-electron chi connectivity index (χ4n) is 2.01. The van der Waals surface area contributed by atoms with Gasteiger partial charge in [-0.05, 0) is 44.2 Å². The van der Waals surface area contributed by atoms with E-state index >= 15 is 0 Å². The van der Waals surface area contributed by atoms with Crippen LogP contribution in [0.2, 0.25) is 0 Å². The van der Waals surface area contributed by atoms with Crippen molar-refractivity contribution in [2.24, 2.45) is 0 Å². The van der Waals surface area contributed by atoms with Gasteiger partial charge < -0.3 is 4.74 Å². The molecule has 0 aliphatic rings. The Bertz CT molecular complexity index is 718. The Morgan fingerprint density at radius 2 is 1.95 bits per heavy atom. The van der Waals surface area contributed by atoms with Crippen molar-refractivity contribution in [1.29, 1.82) is 0 Å². The number of nitrogens with zero attached hydrogens (tertiary/aromatic N) is 1. The molecule has 20 heavy (non-hydrogen) atoms. The zero-order chi connectivity index (χ0) is 14.1. The molecule has 4 heteroatoms. The highest BCUT2D eigenvalue weighted by Crippen LogP contribution is 2.37. The van der Waals surface area contributed by atoms with Crippen LogP contribution in [0.5, 0.6) is 5.75 Å². The maximum absolute atomic E-state index is 5.90. The summed E-state index contributed by atoms with van der Waals surface area (Å²) in [6.45, 7) is 4.06. The molecule has 0 N–H and O–H groups in total. The second-order valence-electron chi connectivity index (χ2n) is 4.79. The Labute approximate surface area is 130 Å². The van der Waals surface area contributed by atoms with Gasteiger partial charge in [-0.1, -0.05) is 28.1 Å². The fourth-order valence-corrected chi connectivity index (χ4v) is 3.36. The van der Waals surface area contributed by atoms with E-state index in [0.29, 0.717) is 0 Å². The summed E-state index contributed by atoms with van der Waals surface area (Å²) in [7, 11) is 0. The first-order chi connectivity index (χ1) is 9.63. The van der Waals surface area contributed by atoms with Crippen molar-refractivity contribution in [1.82, 2.24) is 4.98 Å². The third-order valence-electron chi connectivity index (χ3n) is 2.83. The van der Waals surface area contributed by atoms with Gasteiger partial charge in [-0.2, -0.15) is 0 Å². The van der Waals surface area contributed by atoms with Gasteiger partial charge in [0.1, 0.15) is 10.8 Å². The van der Waals surface area contributed by atoms with Crippen LogP contribution < -0.4 is 4.74 Å². The van der Waals surface area contributed by atoms with E-state index in [0.717, 1.165) is 26.3 Å². The van der Waals surface area contributed by atoms with Crippen molar-refractivity contribution >= 4 is 37.5 Å². The van der Waals surface area contributed by atoms with Crippen LogP contribution in [0, 0.1) is 0 Å². The molecular weight excluding hydrogens is 334 g/mol. The summed E-state index contributed by atoms with van der Waals surface area (Å²) in [6, 6.07) is 14.2. The highest BCUT2D eigenvalue weighted by molar-refractivity contribution is 9.10. The van der Waals surface area contributed by atoms with Crippen LogP contribution in [0.3, 0.4) is 0 Å². The second-order valence-corrected chi connectivity index (χ2v) is 6.74. The zero-order valence-electron chi connectivity index (χ0n) is 11.3. The Balaban J connectivity index is 2.14. The minimum absolute atomic E-state index is 0.143. The third-order valence-corrected chi connectivity index (χ3v) is 4.39. The summed E-state index contributed by atoms with van der Waals surface area (Å²) in [5.41, 5.74) is 2.07. The molecule has 0 bridgehead atoms. The van der Waals surface area contributed by atoms with Gasteiger partial charge >= 0.3 is 0 Å². The van der Waals surface area contributed by atoms with Crippen molar-refractivity contribution in [2.75, 3.05) is 0 Å². The van der Waals surface area contributed by atoms with Crippen LogP contribution in [0.15, 0.2) is 46.9 Å². The summed E-state index contributed by atoms with van der Waals surface area (Å²) in [6.07, 6.45) is 0.143. The smallest absolute Gasteiger partial charge is 0.130 e. The maximum atomic E-state index is 5.90. The van der Waals surface area contributed by atoms with Crippen LogP contribution in [0.1, 0.15) is 13.8 Å².